The highest BCUT2D eigenvalue weighted by Crippen LogP contribution is 2.37. The number of carboxylic acids is 1. The molecule has 0 atom stereocenters. The molecular weight excluding hydrogens is 478 g/mol. The van der Waals surface area contributed by atoms with Crippen molar-refractivity contribution in [2.45, 2.75) is 13.0 Å². The maximum atomic E-state index is 11.0. The first-order valence-electron chi connectivity index (χ1n) is 10.2. The molecule has 0 aliphatic rings. The first kappa shape index (κ1) is 23.4. The predicted molar refractivity (Wildman–Crippen MR) is 133 cm³/mol. The molecule has 4 rings (SSSR count). The normalized spacial score (nSPS) is 11.3. The molecule has 0 fully saturated rings. The third kappa shape index (κ3) is 5.98. The Morgan fingerprint density at radius 3 is 2.41 bits per heavy atom. The van der Waals surface area contributed by atoms with Crippen molar-refractivity contribution < 1.29 is 22.9 Å². The molecule has 0 unspecified atom stereocenters. The summed E-state index contributed by atoms with van der Waals surface area (Å²) in [5.74, 6) is -0.00479. The third-order valence-electron chi connectivity index (χ3n) is 4.80. The first-order valence-corrected chi connectivity index (χ1v) is 12.5. The number of benzene rings is 2. The second-order valence-corrected chi connectivity index (χ2v) is 9.30. The molecule has 0 amide bonds. The number of carboxylic acid groups (broad SMARTS) is 1. The highest BCUT2D eigenvalue weighted by Gasteiger charge is 2.16. The molecule has 5 N–H and O–H groups in total. The van der Waals surface area contributed by atoms with Gasteiger partial charge in [-0.2, -0.15) is 13.4 Å². The minimum Gasteiger partial charge on any atom is -0.481 e. The molecule has 0 spiro atoms. The van der Waals surface area contributed by atoms with Gasteiger partial charge in [-0.1, -0.05) is 42.5 Å². The van der Waals surface area contributed by atoms with Crippen LogP contribution >= 0.6 is 11.3 Å². The molecule has 176 valence electrons. The van der Waals surface area contributed by atoms with Crippen LogP contribution in [0.4, 0.5) is 17.5 Å². The molecule has 34 heavy (non-hydrogen) atoms. The van der Waals surface area contributed by atoms with Crippen molar-refractivity contribution >= 4 is 55.3 Å². The number of rotatable bonds is 10. The van der Waals surface area contributed by atoms with Gasteiger partial charge in [0.15, 0.2) is 0 Å². The smallest absolute Gasteiger partial charge is 0.357 e. The van der Waals surface area contributed by atoms with Gasteiger partial charge in [0, 0.05) is 24.0 Å². The summed E-state index contributed by atoms with van der Waals surface area (Å²) in [7, 11) is -4.34. The van der Waals surface area contributed by atoms with Crippen LogP contribution < -0.4 is 15.4 Å². The van der Waals surface area contributed by atoms with E-state index in [4.69, 9.17) is 9.66 Å². The van der Waals surface area contributed by atoms with E-state index in [9.17, 15) is 13.2 Å². The van der Waals surface area contributed by atoms with Gasteiger partial charge < -0.3 is 15.7 Å². The van der Waals surface area contributed by atoms with Gasteiger partial charge in [0.2, 0.25) is 5.95 Å². The predicted octanol–water partition coefficient (Wildman–Crippen LogP) is 4.07. The Labute approximate surface area is 199 Å². The average Bonchev–Trinajstić information content (AvgIpc) is 3.22. The van der Waals surface area contributed by atoms with E-state index in [0.717, 1.165) is 26.9 Å². The summed E-state index contributed by atoms with van der Waals surface area (Å²) in [5.41, 5.74) is 3.09. The Morgan fingerprint density at radius 2 is 1.74 bits per heavy atom. The van der Waals surface area contributed by atoms with E-state index >= 15 is 0 Å². The number of carbonyl (C=O) groups is 1. The minimum atomic E-state index is -4.34. The maximum absolute atomic E-state index is 11.0. The second kappa shape index (κ2) is 10.0. The largest absolute Gasteiger partial charge is 0.481 e. The number of aromatic nitrogens is 2. The molecule has 2 aromatic heterocycles. The van der Waals surface area contributed by atoms with Crippen molar-refractivity contribution in [2.24, 2.45) is 0 Å². The zero-order chi connectivity index (χ0) is 24.1. The highest BCUT2D eigenvalue weighted by molar-refractivity contribution is 7.87. The Kier molecular flexibility index (Phi) is 6.91. The van der Waals surface area contributed by atoms with Gasteiger partial charge >= 0.3 is 16.3 Å². The summed E-state index contributed by atoms with van der Waals surface area (Å²) < 4.78 is 32.8. The number of nitrogens with zero attached hydrogens (tertiary/aromatic N) is 2. The lowest BCUT2D eigenvalue weighted by atomic mass is 10.1. The molecule has 0 saturated heterocycles. The van der Waals surface area contributed by atoms with Gasteiger partial charge in [-0.05, 0) is 23.3 Å². The fraction of sp³-hybridized carbons (Fsp3) is 0.136. The van der Waals surface area contributed by atoms with Crippen molar-refractivity contribution in [3.63, 3.8) is 0 Å². The Hall–Kier alpha value is -3.74. The Balaban J connectivity index is 1.63. The number of anilines is 3. The minimum absolute atomic E-state index is 0.0617. The number of thiophene rings is 1. The zero-order valence-electron chi connectivity index (χ0n) is 17.7. The molecule has 0 aliphatic carbocycles. The standard InChI is InChI=1S/C22H21N5O5S2/c28-18(29)10-11-23-22-25-20(24-12-14-6-8-16(9-7-14)27-34(30,31)32)19-17(13-33-21(19)26-22)15-4-2-1-3-5-15/h1-9,13,27H,10-12H2,(H,28,29)(H,30,31,32)(H2,23,24,25,26). The lowest BCUT2D eigenvalue weighted by Crippen LogP contribution is -2.11. The highest BCUT2D eigenvalue weighted by atomic mass is 32.2. The van der Waals surface area contributed by atoms with Crippen LogP contribution in [0.3, 0.4) is 0 Å². The van der Waals surface area contributed by atoms with E-state index in [1.54, 1.807) is 24.3 Å². The molecule has 0 aliphatic heterocycles. The van der Waals surface area contributed by atoms with E-state index in [-0.39, 0.29) is 18.7 Å². The monoisotopic (exact) mass is 499 g/mol. The first-order chi connectivity index (χ1) is 16.3. The lowest BCUT2D eigenvalue weighted by Gasteiger charge is -2.12. The van der Waals surface area contributed by atoms with Gasteiger partial charge in [-0.15, -0.1) is 11.3 Å². The Bertz CT molecular complexity index is 1410. The van der Waals surface area contributed by atoms with Crippen LogP contribution in [-0.4, -0.2) is 40.6 Å². The fourth-order valence-corrected chi connectivity index (χ4v) is 4.67. The quantitative estimate of drug-likeness (QED) is 0.203. The maximum Gasteiger partial charge on any atom is 0.357 e. The van der Waals surface area contributed by atoms with Crippen LogP contribution in [0.2, 0.25) is 0 Å². The third-order valence-corrected chi connectivity index (χ3v) is 6.17. The number of hydrogen-bond acceptors (Lipinski definition) is 8. The molecule has 10 nitrogen and oxygen atoms in total. The van der Waals surface area contributed by atoms with Crippen molar-refractivity contribution in [3.8, 4) is 11.1 Å². The molecule has 12 heteroatoms. The molecule has 0 saturated carbocycles. The molecule has 2 aromatic carbocycles. The summed E-state index contributed by atoms with van der Waals surface area (Å²) in [6, 6.07) is 16.4. The van der Waals surface area contributed by atoms with Crippen molar-refractivity contribution in [3.05, 3.63) is 65.5 Å². The van der Waals surface area contributed by atoms with Crippen molar-refractivity contribution in [2.75, 3.05) is 21.9 Å². The van der Waals surface area contributed by atoms with E-state index in [0.29, 0.717) is 18.3 Å². The second-order valence-electron chi connectivity index (χ2n) is 7.29. The average molecular weight is 500 g/mol. The summed E-state index contributed by atoms with van der Waals surface area (Å²) in [4.78, 5) is 20.7. The van der Waals surface area contributed by atoms with Crippen molar-refractivity contribution in [1.29, 1.82) is 0 Å². The van der Waals surface area contributed by atoms with Gasteiger partial charge in [0.05, 0.1) is 17.5 Å². The van der Waals surface area contributed by atoms with Gasteiger partial charge in [0.25, 0.3) is 0 Å². The topological polar surface area (TPSA) is 154 Å². The molecule has 4 aromatic rings. The van der Waals surface area contributed by atoms with Crippen LogP contribution in [0, 0.1) is 0 Å². The van der Waals surface area contributed by atoms with Crippen LogP contribution in [-0.2, 0) is 21.6 Å². The van der Waals surface area contributed by atoms with Gasteiger partial charge in [-0.25, -0.2) is 4.98 Å². The number of aliphatic carboxylic acids is 1. The molecule has 0 bridgehead atoms. The SMILES string of the molecule is O=C(O)CCNc1nc(NCc2ccc(NS(=O)(=O)O)cc2)c2c(-c3ccccc3)csc2n1. The van der Waals surface area contributed by atoms with E-state index in [1.165, 1.54) is 11.3 Å². The molecular formula is C22H21N5O5S2. The van der Waals surface area contributed by atoms with Gasteiger partial charge in [-0.3, -0.25) is 14.1 Å². The summed E-state index contributed by atoms with van der Waals surface area (Å²) >= 11 is 1.47. The molecule has 0 radical (unpaired) electrons. The number of hydrogen-bond donors (Lipinski definition) is 5. The molecule has 2 heterocycles. The number of nitrogens with one attached hydrogen (secondary N) is 3. The number of fused-ring (bicyclic) bond motifs is 1. The van der Waals surface area contributed by atoms with E-state index < -0.39 is 16.3 Å². The summed E-state index contributed by atoms with van der Waals surface area (Å²) in [5, 5.41) is 18.0. The van der Waals surface area contributed by atoms with Crippen LogP contribution in [0.15, 0.2) is 60.0 Å². The van der Waals surface area contributed by atoms with Crippen molar-refractivity contribution in [1.82, 2.24) is 9.97 Å². The van der Waals surface area contributed by atoms with Crippen LogP contribution in [0.5, 0.6) is 0 Å². The van der Waals surface area contributed by atoms with E-state index in [1.807, 2.05) is 40.4 Å². The summed E-state index contributed by atoms with van der Waals surface area (Å²) in [6.45, 7) is 0.580. The summed E-state index contributed by atoms with van der Waals surface area (Å²) in [6.07, 6.45) is -0.0617. The van der Waals surface area contributed by atoms with Gasteiger partial charge in [0.1, 0.15) is 10.6 Å². The van der Waals surface area contributed by atoms with E-state index in [2.05, 4.69) is 20.6 Å². The van der Waals surface area contributed by atoms with Crippen LogP contribution in [0.25, 0.3) is 21.3 Å². The lowest BCUT2D eigenvalue weighted by molar-refractivity contribution is -0.136. The Morgan fingerprint density at radius 1 is 1.00 bits per heavy atom. The fourth-order valence-electron chi connectivity index (χ4n) is 3.29. The zero-order valence-corrected chi connectivity index (χ0v) is 19.4. The van der Waals surface area contributed by atoms with Crippen LogP contribution in [0.1, 0.15) is 12.0 Å².